The number of nitrogens with two attached hydrogens (primary N) is 1. The van der Waals surface area contributed by atoms with Gasteiger partial charge in [0.25, 0.3) is 0 Å². The van der Waals surface area contributed by atoms with Crippen LogP contribution in [0.15, 0.2) is 4.90 Å². The first-order valence-corrected chi connectivity index (χ1v) is 8.43. The number of methoxy groups -OCH3 is 1. The molecule has 0 saturated carbocycles. The van der Waals surface area contributed by atoms with E-state index in [2.05, 4.69) is 4.90 Å². The molecule has 0 amide bonds. The third kappa shape index (κ3) is 2.75. The molecule has 6 heteroatoms. The number of nitrogens with zero attached hydrogens (tertiary/aromatic N) is 1. The topological polar surface area (TPSA) is 55.6 Å². The molecule has 106 valence electrons. The van der Waals surface area contributed by atoms with Crippen molar-refractivity contribution >= 4 is 39.6 Å². The SMILES string of the molecule is CCC(=O)c1sc(N2CCC(OC)C2)c(SC)c1N. The fourth-order valence-corrected chi connectivity index (χ4v) is 4.52. The fourth-order valence-electron chi connectivity index (χ4n) is 2.29. The van der Waals surface area contributed by atoms with Gasteiger partial charge in [-0.25, -0.2) is 0 Å². The maximum absolute atomic E-state index is 11.9. The molecule has 1 aromatic rings. The Balaban J connectivity index is 2.32. The summed E-state index contributed by atoms with van der Waals surface area (Å²) in [5, 5.41) is 1.13. The van der Waals surface area contributed by atoms with E-state index in [0.717, 1.165) is 29.4 Å². The normalized spacial score (nSPS) is 19.1. The van der Waals surface area contributed by atoms with Crippen molar-refractivity contribution < 1.29 is 9.53 Å². The van der Waals surface area contributed by atoms with E-state index >= 15 is 0 Å². The second-order valence-corrected chi connectivity index (χ2v) is 6.37. The van der Waals surface area contributed by atoms with Crippen molar-refractivity contribution in [2.75, 3.05) is 37.1 Å². The highest BCUT2D eigenvalue weighted by Gasteiger charge is 2.28. The number of carbonyl (C=O) groups is 1. The maximum atomic E-state index is 11.9. The summed E-state index contributed by atoms with van der Waals surface area (Å²) in [6.45, 7) is 3.71. The number of hydrogen-bond donors (Lipinski definition) is 1. The van der Waals surface area contributed by atoms with E-state index in [1.165, 1.54) is 11.3 Å². The third-order valence-electron chi connectivity index (χ3n) is 3.43. The van der Waals surface area contributed by atoms with Crippen LogP contribution in [0.1, 0.15) is 29.4 Å². The smallest absolute Gasteiger partial charge is 0.174 e. The van der Waals surface area contributed by atoms with Gasteiger partial charge in [-0.15, -0.1) is 23.1 Å². The van der Waals surface area contributed by atoms with Crippen molar-refractivity contribution in [1.82, 2.24) is 0 Å². The van der Waals surface area contributed by atoms with Crippen molar-refractivity contribution in [3.05, 3.63) is 4.88 Å². The second kappa shape index (κ2) is 6.15. The molecule has 0 radical (unpaired) electrons. The molecule has 1 fully saturated rings. The Hall–Kier alpha value is -0.720. The molecule has 1 atom stereocenters. The minimum atomic E-state index is 0.131. The molecular weight excluding hydrogens is 280 g/mol. The summed E-state index contributed by atoms with van der Waals surface area (Å²) in [5.41, 5.74) is 6.79. The minimum Gasteiger partial charge on any atom is -0.396 e. The Morgan fingerprint density at radius 3 is 2.89 bits per heavy atom. The molecule has 1 aromatic heterocycles. The predicted molar refractivity (Wildman–Crippen MR) is 82.8 cm³/mol. The quantitative estimate of drug-likeness (QED) is 0.669. The second-order valence-electron chi connectivity index (χ2n) is 4.55. The van der Waals surface area contributed by atoms with E-state index in [0.29, 0.717) is 17.0 Å². The number of thiophene rings is 1. The summed E-state index contributed by atoms with van der Waals surface area (Å²) < 4.78 is 5.40. The number of nitrogen functional groups attached to an aromatic ring is 1. The highest BCUT2D eigenvalue weighted by Crippen LogP contribution is 2.45. The van der Waals surface area contributed by atoms with Crippen LogP contribution in [0.25, 0.3) is 0 Å². The molecule has 1 aliphatic heterocycles. The average Bonchev–Trinajstić information content (AvgIpc) is 3.01. The van der Waals surface area contributed by atoms with Crippen LogP contribution in [-0.4, -0.2) is 38.3 Å². The number of thioether (sulfide) groups is 1. The molecular formula is C13H20N2O2S2. The van der Waals surface area contributed by atoms with Crippen LogP contribution in [0.5, 0.6) is 0 Å². The Morgan fingerprint density at radius 1 is 1.63 bits per heavy atom. The lowest BCUT2D eigenvalue weighted by molar-refractivity contribution is 0.0992. The lowest BCUT2D eigenvalue weighted by Gasteiger charge is -2.17. The zero-order chi connectivity index (χ0) is 14.0. The van der Waals surface area contributed by atoms with E-state index in [9.17, 15) is 4.79 Å². The van der Waals surface area contributed by atoms with Crippen molar-refractivity contribution in [3.8, 4) is 0 Å². The van der Waals surface area contributed by atoms with E-state index in [4.69, 9.17) is 10.5 Å². The van der Waals surface area contributed by atoms with Gasteiger partial charge in [-0.05, 0) is 12.7 Å². The number of Topliss-reactive ketones (excluding diaryl/α,β-unsaturated/α-hetero) is 1. The zero-order valence-electron chi connectivity index (χ0n) is 11.6. The number of ketones is 1. The van der Waals surface area contributed by atoms with E-state index in [1.54, 1.807) is 18.9 Å². The minimum absolute atomic E-state index is 0.131. The molecule has 1 saturated heterocycles. The first-order chi connectivity index (χ1) is 9.12. The van der Waals surface area contributed by atoms with Gasteiger partial charge >= 0.3 is 0 Å². The Kier molecular flexibility index (Phi) is 4.76. The molecule has 2 rings (SSSR count). The van der Waals surface area contributed by atoms with Gasteiger partial charge in [0.05, 0.1) is 21.6 Å². The summed E-state index contributed by atoms with van der Waals surface area (Å²) >= 11 is 3.15. The standard InChI is InChI=1S/C13H20N2O2S2/c1-4-9(16)11-10(14)12(18-3)13(19-11)15-6-5-8(7-15)17-2/h8H,4-7,14H2,1-3H3. The van der Waals surface area contributed by atoms with Crippen LogP contribution in [0.2, 0.25) is 0 Å². The largest absolute Gasteiger partial charge is 0.396 e. The summed E-state index contributed by atoms with van der Waals surface area (Å²) in [6.07, 6.45) is 3.81. The molecule has 19 heavy (non-hydrogen) atoms. The highest BCUT2D eigenvalue weighted by atomic mass is 32.2. The van der Waals surface area contributed by atoms with E-state index < -0.39 is 0 Å². The number of anilines is 2. The first-order valence-electron chi connectivity index (χ1n) is 6.39. The molecule has 2 N–H and O–H groups in total. The lowest BCUT2D eigenvalue weighted by Crippen LogP contribution is -2.21. The summed E-state index contributed by atoms with van der Waals surface area (Å²) in [5.74, 6) is 0.131. The molecule has 0 aromatic carbocycles. The predicted octanol–water partition coefficient (Wildman–Crippen LogP) is 2.87. The fraction of sp³-hybridized carbons (Fsp3) is 0.615. The van der Waals surface area contributed by atoms with Crippen LogP contribution in [0.3, 0.4) is 0 Å². The van der Waals surface area contributed by atoms with Gasteiger partial charge in [-0.3, -0.25) is 4.79 Å². The molecule has 0 spiro atoms. The number of hydrogen-bond acceptors (Lipinski definition) is 6. The first kappa shape index (κ1) is 14.7. The molecule has 0 aliphatic carbocycles. The van der Waals surface area contributed by atoms with Gasteiger partial charge in [0, 0.05) is 26.6 Å². The molecule has 1 aliphatic rings. The monoisotopic (exact) mass is 300 g/mol. The van der Waals surface area contributed by atoms with Crippen LogP contribution >= 0.6 is 23.1 Å². The number of rotatable bonds is 5. The summed E-state index contributed by atoms with van der Waals surface area (Å²) in [6, 6.07) is 0. The molecule has 2 heterocycles. The van der Waals surface area contributed by atoms with Gasteiger partial charge < -0.3 is 15.4 Å². The van der Waals surface area contributed by atoms with Crippen molar-refractivity contribution in [3.63, 3.8) is 0 Å². The van der Waals surface area contributed by atoms with Crippen LogP contribution in [0.4, 0.5) is 10.7 Å². The summed E-state index contributed by atoms with van der Waals surface area (Å²) in [7, 11) is 1.75. The third-order valence-corrected chi connectivity index (χ3v) is 5.68. The van der Waals surface area contributed by atoms with Crippen molar-refractivity contribution in [2.45, 2.75) is 30.8 Å². The van der Waals surface area contributed by atoms with Crippen molar-refractivity contribution in [2.24, 2.45) is 0 Å². The zero-order valence-corrected chi connectivity index (χ0v) is 13.2. The van der Waals surface area contributed by atoms with Gasteiger partial charge in [0.15, 0.2) is 5.78 Å². The van der Waals surface area contributed by atoms with Gasteiger partial charge in [0.1, 0.15) is 5.00 Å². The van der Waals surface area contributed by atoms with Gasteiger partial charge in [-0.2, -0.15) is 0 Å². The Morgan fingerprint density at radius 2 is 2.37 bits per heavy atom. The van der Waals surface area contributed by atoms with Crippen LogP contribution in [0, 0.1) is 0 Å². The van der Waals surface area contributed by atoms with E-state index in [1.807, 2.05) is 13.2 Å². The Bertz CT molecular complexity index is 473. The number of ether oxygens (including phenoxy) is 1. The Labute approximate surface area is 122 Å². The van der Waals surface area contributed by atoms with Crippen LogP contribution < -0.4 is 10.6 Å². The van der Waals surface area contributed by atoms with Crippen molar-refractivity contribution in [1.29, 1.82) is 0 Å². The summed E-state index contributed by atoms with van der Waals surface area (Å²) in [4.78, 5) is 16.0. The van der Waals surface area contributed by atoms with Crippen LogP contribution in [-0.2, 0) is 4.74 Å². The number of carbonyl (C=O) groups excluding carboxylic acids is 1. The van der Waals surface area contributed by atoms with Gasteiger partial charge in [-0.1, -0.05) is 6.92 Å². The van der Waals surface area contributed by atoms with Gasteiger partial charge in [0.2, 0.25) is 0 Å². The highest BCUT2D eigenvalue weighted by molar-refractivity contribution is 7.99. The van der Waals surface area contributed by atoms with E-state index in [-0.39, 0.29) is 11.9 Å². The average molecular weight is 300 g/mol. The molecule has 4 nitrogen and oxygen atoms in total. The maximum Gasteiger partial charge on any atom is 0.174 e. The molecule has 1 unspecified atom stereocenters. The lowest BCUT2D eigenvalue weighted by atomic mass is 10.2. The molecule has 0 bridgehead atoms.